The molecule has 4 nitrogen and oxygen atoms in total. The van der Waals surface area contributed by atoms with E-state index in [1.165, 1.54) is 0 Å². The van der Waals surface area contributed by atoms with Crippen LogP contribution in [0.15, 0.2) is 0 Å². The summed E-state index contributed by atoms with van der Waals surface area (Å²) in [5, 5.41) is 0. The maximum absolute atomic E-state index is 8.61. The molecule has 0 atom stereocenters. The molecule has 0 aliphatic heterocycles. The Balaban J connectivity index is -0.0000000800. The maximum Gasteiger partial charge on any atom is 3.00 e. The molecule has 0 saturated carbocycles. The third-order valence-electron chi connectivity index (χ3n) is 0. The van der Waals surface area contributed by atoms with E-state index in [2.05, 4.69) is 0 Å². The molecule has 7 heavy (non-hydrogen) atoms. The summed E-state index contributed by atoms with van der Waals surface area (Å²) >= 11 is -5.88. The molecule has 1 radical (unpaired) electrons. The van der Waals surface area contributed by atoms with Crippen molar-refractivity contribution in [1.29, 1.82) is 0 Å². The molecule has 0 unspecified atom stereocenters. The van der Waals surface area contributed by atoms with Crippen molar-refractivity contribution in [2.45, 2.75) is 0 Å². The van der Waals surface area contributed by atoms with Crippen LogP contribution >= 0.6 is 0 Å². The monoisotopic (exact) mass is 251 g/mol. The largest absolute Gasteiger partial charge is 3.00 e. The normalized spacial score (nSPS) is 8.43. The fourth-order valence-electron chi connectivity index (χ4n) is 0. The van der Waals surface area contributed by atoms with Gasteiger partial charge in [-0.2, -0.15) is 0 Å². The summed E-state index contributed by atoms with van der Waals surface area (Å²) in [5.41, 5.74) is 0. The van der Waals surface area contributed by atoms with Crippen LogP contribution in [0.1, 0.15) is 0 Å². The molecule has 45 valence electrons. The zero-order chi connectivity index (χ0) is 4.50. The van der Waals surface area contributed by atoms with Gasteiger partial charge in [0.15, 0.2) is 0 Å². The minimum absolute atomic E-state index is 0. The topological polar surface area (TPSA) is 86.2 Å². The van der Waals surface area contributed by atoms with Crippen molar-refractivity contribution in [3.8, 4) is 0 Å². The molecule has 0 fully saturated rings. The van der Waals surface area contributed by atoms with Crippen molar-refractivity contribution in [2.24, 2.45) is 0 Å². The summed E-state index contributed by atoms with van der Waals surface area (Å²) in [4.78, 5) is 0. The van der Waals surface area contributed by atoms with Crippen LogP contribution in [0.4, 0.5) is 0 Å². The predicted molar refractivity (Wildman–Crippen MR) is 6.44 cm³/mol. The van der Waals surface area contributed by atoms with Gasteiger partial charge in [-0.25, -0.2) is 0 Å². The van der Waals surface area contributed by atoms with E-state index in [0.29, 0.717) is 0 Å². The Morgan fingerprint density at radius 1 is 1.14 bits per heavy atom. The molecule has 0 aliphatic rings. The first-order valence-electron chi connectivity index (χ1n) is 0.730. The molecule has 0 bridgehead atoms. The van der Waals surface area contributed by atoms with E-state index in [4.69, 9.17) is 16.0 Å². The van der Waals surface area contributed by atoms with Crippen molar-refractivity contribution in [1.82, 2.24) is 0 Å². The Kier molecular flexibility index (Phi) is 12.2. The molecule has 0 aromatic rings. The van der Waals surface area contributed by atoms with Crippen LogP contribution in [0.5, 0.6) is 0 Å². The van der Waals surface area contributed by atoms with E-state index < -0.39 is 14.5 Å². The van der Waals surface area contributed by atoms with E-state index in [1.54, 1.807) is 0 Å². The second-order valence-corrected chi connectivity index (χ2v) is 2.32. The minimum Gasteiger partial charge on any atom is 0 e. The molecule has 0 aromatic carbocycles. The van der Waals surface area contributed by atoms with Crippen LogP contribution in [0.3, 0.4) is 0 Å². The second-order valence-electron chi connectivity index (χ2n) is 0.447. The van der Waals surface area contributed by atoms with E-state index >= 15 is 0 Å². The smallest absolute Gasteiger partial charge is 0 e. The standard InChI is InChI=1S/AsH3O4.2Fe/c2-1(3,4)5;;/h(H3,2,3,4,5);;/q;;+3/p-3. The van der Waals surface area contributed by atoms with Gasteiger partial charge >= 0.3 is 47.6 Å². The molecule has 0 N–H and O–H groups in total. The van der Waals surface area contributed by atoms with Crippen molar-refractivity contribution < 1.29 is 50.2 Å². The van der Waals surface area contributed by atoms with Gasteiger partial charge in [0.1, 0.15) is 0 Å². The first-order chi connectivity index (χ1) is 2.00. The quantitative estimate of drug-likeness (QED) is 0.409. The fourth-order valence-corrected chi connectivity index (χ4v) is 0. The molecule has 0 aromatic heterocycles. The maximum atomic E-state index is 8.61. The van der Waals surface area contributed by atoms with Gasteiger partial charge in [-0.15, -0.1) is 0 Å². The summed E-state index contributed by atoms with van der Waals surface area (Å²) in [7, 11) is 0. The number of hydrogen-bond acceptors (Lipinski definition) is 4. The first-order valence-corrected chi connectivity index (χ1v) is 3.79. The third-order valence-corrected chi connectivity index (χ3v) is 0. The van der Waals surface area contributed by atoms with Gasteiger partial charge in [-0.05, 0) is 0 Å². The van der Waals surface area contributed by atoms with Gasteiger partial charge in [-0.3, -0.25) is 0 Å². The van der Waals surface area contributed by atoms with Crippen LogP contribution < -0.4 is 12.3 Å². The summed E-state index contributed by atoms with van der Waals surface area (Å²) in [6.45, 7) is 0. The Morgan fingerprint density at radius 3 is 1.14 bits per heavy atom. The van der Waals surface area contributed by atoms with E-state index in [1.807, 2.05) is 0 Å². The SMILES string of the molecule is O=[As]([O-])([O-])[O-].[Fe+3].[Fe]. The fraction of sp³-hybridized carbons (Fsp3) is 0. The van der Waals surface area contributed by atoms with Gasteiger partial charge < -0.3 is 0 Å². The van der Waals surface area contributed by atoms with Gasteiger partial charge in [0.05, 0.1) is 0 Å². The predicted octanol–water partition coefficient (Wildman–Crippen LogP) is -4.07. The minimum atomic E-state index is -5.88. The Hall–Kier alpha value is 1.28. The summed E-state index contributed by atoms with van der Waals surface area (Å²) in [6, 6.07) is 0. The summed E-state index contributed by atoms with van der Waals surface area (Å²) in [6.07, 6.45) is 0. The average molecular weight is 251 g/mol. The molecular weight excluding hydrogens is 251 g/mol. The van der Waals surface area contributed by atoms with Crippen LogP contribution in [0, 0.1) is 0 Å². The molecule has 0 aliphatic carbocycles. The van der Waals surface area contributed by atoms with Crippen LogP contribution in [-0.2, 0) is 37.9 Å². The van der Waals surface area contributed by atoms with E-state index in [9.17, 15) is 0 Å². The summed E-state index contributed by atoms with van der Waals surface area (Å²) in [5.74, 6) is 0. The second kappa shape index (κ2) is 5.41. The Labute approximate surface area is 64.6 Å². The Bertz CT molecular complexity index is 55.8. The Morgan fingerprint density at radius 2 is 1.14 bits per heavy atom. The van der Waals surface area contributed by atoms with E-state index in [0.717, 1.165) is 0 Å². The molecule has 7 heteroatoms. The molecule has 0 spiro atoms. The van der Waals surface area contributed by atoms with Crippen molar-refractivity contribution >= 4 is 14.5 Å². The molecule has 0 heterocycles. The molecule has 0 saturated heterocycles. The van der Waals surface area contributed by atoms with Crippen molar-refractivity contribution in [3.05, 3.63) is 0 Å². The zero-order valence-corrected chi connectivity index (χ0v) is 6.87. The average Bonchev–Trinajstić information content (AvgIpc) is 0.722. The van der Waals surface area contributed by atoms with Crippen molar-refractivity contribution in [3.63, 3.8) is 0 Å². The molecular formula is AsFe2O4. The first kappa shape index (κ1) is 15.7. The van der Waals surface area contributed by atoms with Crippen LogP contribution in [0.25, 0.3) is 0 Å². The van der Waals surface area contributed by atoms with E-state index in [-0.39, 0.29) is 34.1 Å². The van der Waals surface area contributed by atoms with Crippen LogP contribution in [0.2, 0.25) is 0 Å². The summed E-state index contributed by atoms with van der Waals surface area (Å²) < 4.78 is 34.4. The third kappa shape index (κ3) is 124. The number of hydrogen-bond donors (Lipinski definition) is 0. The van der Waals surface area contributed by atoms with Crippen LogP contribution in [-0.4, -0.2) is 14.5 Å². The van der Waals surface area contributed by atoms with Crippen molar-refractivity contribution in [2.75, 3.05) is 0 Å². The number of rotatable bonds is 0. The van der Waals surface area contributed by atoms with Gasteiger partial charge in [0.25, 0.3) is 0 Å². The van der Waals surface area contributed by atoms with Gasteiger partial charge in [-0.1, -0.05) is 0 Å². The molecule has 0 rings (SSSR count). The molecule has 0 amide bonds. The van der Waals surface area contributed by atoms with Gasteiger partial charge in [0, 0.05) is 17.1 Å². The zero-order valence-electron chi connectivity index (χ0n) is 2.79. The van der Waals surface area contributed by atoms with Gasteiger partial charge in [0.2, 0.25) is 0 Å².